The zero-order chi connectivity index (χ0) is 22.0. The summed E-state index contributed by atoms with van der Waals surface area (Å²) in [6.45, 7) is 6.11. The van der Waals surface area contributed by atoms with Gasteiger partial charge in [-0.1, -0.05) is 29.8 Å². The van der Waals surface area contributed by atoms with E-state index in [0.717, 1.165) is 33.1 Å². The van der Waals surface area contributed by atoms with Crippen molar-refractivity contribution in [2.24, 2.45) is 5.10 Å². The fourth-order valence-corrected chi connectivity index (χ4v) is 3.65. The summed E-state index contributed by atoms with van der Waals surface area (Å²) in [5.74, 6) is -0.541. The van der Waals surface area contributed by atoms with Gasteiger partial charge in [0.1, 0.15) is 12.1 Å². The number of nitrogens with zero attached hydrogens (tertiary/aromatic N) is 2. The summed E-state index contributed by atoms with van der Waals surface area (Å²) in [5.41, 5.74) is 6.83. The second-order valence-corrected chi connectivity index (χ2v) is 7.26. The molecule has 7 nitrogen and oxygen atoms in total. The zero-order valence-corrected chi connectivity index (χ0v) is 17.6. The second-order valence-electron chi connectivity index (χ2n) is 7.26. The van der Waals surface area contributed by atoms with Crippen LogP contribution in [0.3, 0.4) is 0 Å². The van der Waals surface area contributed by atoms with Crippen LogP contribution in [0.5, 0.6) is 0 Å². The van der Waals surface area contributed by atoms with Crippen LogP contribution >= 0.6 is 0 Å². The molecule has 0 saturated carbocycles. The van der Waals surface area contributed by atoms with Gasteiger partial charge in [0.25, 0.3) is 0 Å². The van der Waals surface area contributed by atoms with Gasteiger partial charge in [0.15, 0.2) is 5.76 Å². The van der Waals surface area contributed by atoms with E-state index in [4.69, 9.17) is 9.15 Å². The molecule has 0 saturated heterocycles. The number of benzene rings is 2. The van der Waals surface area contributed by atoms with Crippen molar-refractivity contribution < 1.29 is 18.7 Å². The molecule has 0 fully saturated rings. The first-order chi connectivity index (χ1) is 15.0. The van der Waals surface area contributed by atoms with Gasteiger partial charge in [-0.2, -0.15) is 5.10 Å². The van der Waals surface area contributed by atoms with Gasteiger partial charge in [0.05, 0.1) is 12.8 Å². The molecule has 4 aromatic rings. The Bertz CT molecular complexity index is 1310. The molecular weight excluding hydrogens is 394 g/mol. The number of esters is 1. The predicted molar refractivity (Wildman–Crippen MR) is 119 cm³/mol. The van der Waals surface area contributed by atoms with E-state index in [1.807, 2.05) is 60.9 Å². The smallest absolute Gasteiger partial charge is 0.325 e. The van der Waals surface area contributed by atoms with Crippen molar-refractivity contribution in [2.75, 3.05) is 6.61 Å². The molecule has 0 radical (unpaired) electrons. The molecule has 0 atom stereocenters. The highest BCUT2D eigenvalue weighted by molar-refractivity contribution is 6.02. The van der Waals surface area contributed by atoms with Crippen molar-refractivity contribution in [3.8, 4) is 0 Å². The van der Waals surface area contributed by atoms with E-state index in [1.54, 1.807) is 19.2 Å². The number of hydrazone groups is 1. The maximum absolute atomic E-state index is 12.5. The van der Waals surface area contributed by atoms with Crippen molar-refractivity contribution in [3.63, 3.8) is 0 Å². The van der Waals surface area contributed by atoms with Crippen LogP contribution in [-0.4, -0.2) is 29.3 Å². The summed E-state index contributed by atoms with van der Waals surface area (Å²) in [7, 11) is 0. The number of ether oxygens (including phenoxy) is 1. The number of para-hydroxylation sites is 1. The van der Waals surface area contributed by atoms with Gasteiger partial charge in [-0.05, 0) is 45.0 Å². The number of aryl methyl sites for hydroxylation is 1. The van der Waals surface area contributed by atoms with Crippen LogP contribution in [0.25, 0.3) is 21.9 Å². The van der Waals surface area contributed by atoms with E-state index in [9.17, 15) is 9.59 Å². The highest BCUT2D eigenvalue weighted by Gasteiger charge is 2.16. The average Bonchev–Trinajstić information content (AvgIpc) is 3.28. The number of furan rings is 1. The molecule has 2 heterocycles. The Morgan fingerprint density at radius 1 is 1.16 bits per heavy atom. The lowest BCUT2D eigenvalue weighted by molar-refractivity contribution is -0.143. The minimum absolute atomic E-state index is 0.110. The van der Waals surface area contributed by atoms with Crippen molar-refractivity contribution in [3.05, 3.63) is 71.1 Å². The summed E-state index contributed by atoms with van der Waals surface area (Å²) < 4.78 is 12.6. The van der Waals surface area contributed by atoms with Crippen molar-refractivity contribution in [2.45, 2.75) is 27.3 Å². The number of hydrogen-bond donors (Lipinski definition) is 1. The third-order valence-corrected chi connectivity index (χ3v) is 5.13. The van der Waals surface area contributed by atoms with E-state index in [-0.39, 0.29) is 18.3 Å². The zero-order valence-electron chi connectivity index (χ0n) is 17.6. The Hall–Kier alpha value is -3.87. The molecular formula is C24H23N3O4. The molecule has 0 unspecified atom stereocenters. The summed E-state index contributed by atoms with van der Waals surface area (Å²) >= 11 is 0. The fourth-order valence-electron chi connectivity index (χ4n) is 3.65. The normalized spacial score (nSPS) is 11.5. The molecule has 4 rings (SSSR count). The van der Waals surface area contributed by atoms with Crippen LogP contribution in [0.15, 0.2) is 58.0 Å². The van der Waals surface area contributed by atoms with Crippen LogP contribution in [-0.2, 0) is 16.1 Å². The molecule has 1 amide bonds. The van der Waals surface area contributed by atoms with E-state index in [2.05, 4.69) is 10.5 Å². The van der Waals surface area contributed by atoms with Crippen molar-refractivity contribution >= 4 is 40.0 Å². The van der Waals surface area contributed by atoms with Gasteiger partial charge >= 0.3 is 11.9 Å². The van der Waals surface area contributed by atoms with Crippen LogP contribution in [0.4, 0.5) is 0 Å². The monoisotopic (exact) mass is 417 g/mol. The number of amides is 1. The standard InChI is InChI=1S/C24H23N3O4/c1-4-30-23(28)14-27-16(3)19(18-7-5-6-8-20(18)27)13-25-26-24(29)22-12-17-11-15(2)9-10-21(17)31-22/h5-13H,4,14H2,1-3H3,(H,26,29)/b25-13+. The van der Waals surface area contributed by atoms with Crippen LogP contribution in [0.1, 0.15) is 34.3 Å². The van der Waals surface area contributed by atoms with E-state index in [0.29, 0.717) is 12.2 Å². The van der Waals surface area contributed by atoms with E-state index < -0.39 is 5.91 Å². The Labute approximate surface area is 179 Å². The number of rotatable bonds is 6. The number of carbonyl (C=O) groups excluding carboxylic acids is 2. The lowest BCUT2D eigenvalue weighted by atomic mass is 10.1. The maximum Gasteiger partial charge on any atom is 0.325 e. The Kier molecular flexibility index (Phi) is 5.58. The summed E-state index contributed by atoms with van der Waals surface area (Å²) in [4.78, 5) is 24.5. The highest BCUT2D eigenvalue weighted by atomic mass is 16.5. The van der Waals surface area contributed by atoms with E-state index >= 15 is 0 Å². The lowest BCUT2D eigenvalue weighted by Crippen LogP contribution is -2.17. The first kappa shape index (κ1) is 20.4. The number of fused-ring (bicyclic) bond motifs is 2. The molecule has 2 aromatic heterocycles. The average molecular weight is 417 g/mol. The molecule has 7 heteroatoms. The molecule has 1 N–H and O–H groups in total. The van der Waals surface area contributed by atoms with Crippen molar-refractivity contribution in [1.29, 1.82) is 0 Å². The minimum atomic E-state index is -0.432. The SMILES string of the molecule is CCOC(=O)Cn1c(C)c(/C=N/NC(=O)c2cc3cc(C)ccc3o2)c2ccccc21. The molecule has 0 bridgehead atoms. The van der Waals surface area contributed by atoms with Crippen LogP contribution in [0.2, 0.25) is 0 Å². The minimum Gasteiger partial charge on any atom is -0.465 e. The van der Waals surface area contributed by atoms with Gasteiger partial charge in [-0.3, -0.25) is 9.59 Å². The summed E-state index contributed by atoms with van der Waals surface area (Å²) in [6.07, 6.45) is 1.59. The second kappa shape index (κ2) is 8.47. The van der Waals surface area contributed by atoms with Crippen LogP contribution in [0, 0.1) is 13.8 Å². The quantitative estimate of drug-likeness (QED) is 0.287. The first-order valence-corrected chi connectivity index (χ1v) is 10.0. The highest BCUT2D eigenvalue weighted by Crippen LogP contribution is 2.25. The number of aromatic nitrogens is 1. The van der Waals surface area contributed by atoms with Crippen molar-refractivity contribution in [1.82, 2.24) is 9.99 Å². The summed E-state index contributed by atoms with van der Waals surface area (Å²) in [6, 6.07) is 15.2. The number of nitrogens with one attached hydrogen (secondary N) is 1. The first-order valence-electron chi connectivity index (χ1n) is 10.0. The van der Waals surface area contributed by atoms with E-state index in [1.165, 1.54) is 0 Å². The molecule has 0 aliphatic carbocycles. The largest absolute Gasteiger partial charge is 0.465 e. The number of hydrogen-bond acceptors (Lipinski definition) is 5. The predicted octanol–water partition coefficient (Wildman–Crippen LogP) is 4.33. The topological polar surface area (TPSA) is 85.8 Å². The van der Waals surface area contributed by atoms with Gasteiger partial charge < -0.3 is 13.7 Å². The third-order valence-electron chi connectivity index (χ3n) is 5.13. The fraction of sp³-hybridized carbons (Fsp3) is 0.208. The lowest BCUT2D eigenvalue weighted by Gasteiger charge is -2.07. The Morgan fingerprint density at radius 3 is 2.77 bits per heavy atom. The van der Waals surface area contributed by atoms with Gasteiger partial charge in [0, 0.05) is 27.5 Å². The molecule has 2 aromatic carbocycles. The molecule has 0 aliphatic rings. The third kappa shape index (κ3) is 4.07. The van der Waals surface area contributed by atoms with Gasteiger partial charge in [-0.25, -0.2) is 5.43 Å². The maximum atomic E-state index is 12.5. The molecule has 158 valence electrons. The molecule has 31 heavy (non-hydrogen) atoms. The molecule has 0 spiro atoms. The van der Waals surface area contributed by atoms with Gasteiger partial charge in [-0.15, -0.1) is 0 Å². The van der Waals surface area contributed by atoms with Gasteiger partial charge in [0.2, 0.25) is 0 Å². The van der Waals surface area contributed by atoms with Crippen LogP contribution < -0.4 is 5.43 Å². The summed E-state index contributed by atoms with van der Waals surface area (Å²) in [5, 5.41) is 5.93. The molecule has 0 aliphatic heterocycles. The Balaban J connectivity index is 1.58. The Morgan fingerprint density at radius 2 is 1.97 bits per heavy atom. The number of carbonyl (C=O) groups is 2.